The molecule has 7 rings (SSSR count). The highest BCUT2D eigenvalue weighted by atomic mass is 19.1. The lowest BCUT2D eigenvalue weighted by atomic mass is 9.76. The summed E-state index contributed by atoms with van der Waals surface area (Å²) in [5.41, 5.74) is -0.165. The zero-order chi connectivity index (χ0) is 31.3. The Morgan fingerprint density at radius 2 is 2.04 bits per heavy atom. The first-order valence-corrected chi connectivity index (χ1v) is 15.7. The summed E-state index contributed by atoms with van der Waals surface area (Å²) in [5, 5.41) is 23.2. The van der Waals surface area contributed by atoms with Crippen LogP contribution in [0.3, 0.4) is 0 Å². The zero-order valence-corrected chi connectivity index (χ0v) is 25.7. The summed E-state index contributed by atoms with van der Waals surface area (Å²) < 4.78 is 28.9. The van der Waals surface area contributed by atoms with E-state index in [0.29, 0.717) is 58.9 Å². The molecular weight excluding hydrogens is 573 g/mol. The van der Waals surface area contributed by atoms with Crippen molar-refractivity contribution in [2.75, 3.05) is 51.4 Å². The number of hydrogen-bond acceptors (Lipinski definition) is 9. The number of aromatic nitrogens is 3. The van der Waals surface area contributed by atoms with Gasteiger partial charge in [-0.15, -0.1) is 6.42 Å². The van der Waals surface area contributed by atoms with Crippen LogP contribution in [0.1, 0.15) is 44.6 Å². The molecule has 1 saturated carbocycles. The lowest BCUT2D eigenvalue weighted by Gasteiger charge is -2.44. The predicted octanol–water partition coefficient (Wildman–Crippen LogP) is 4.90. The van der Waals surface area contributed by atoms with Crippen LogP contribution in [0, 0.1) is 23.6 Å². The van der Waals surface area contributed by atoms with E-state index >= 15 is 4.39 Å². The summed E-state index contributed by atoms with van der Waals surface area (Å²) in [4.78, 5) is 18.4. The first kappa shape index (κ1) is 29.7. The van der Waals surface area contributed by atoms with Gasteiger partial charge in [-0.05, 0) is 69.8 Å². The molecule has 2 aliphatic heterocycles. The number of halogens is 1. The number of terminal acetylenes is 1. The first-order chi connectivity index (χ1) is 21.7. The summed E-state index contributed by atoms with van der Waals surface area (Å²) in [5.74, 6) is 2.39. The maximum atomic E-state index is 16.8. The number of benzene rings is 2. The van der Waals surface area contributed by atoms with E-state index in [4.69, 9.17) is 20.9 Å². The number of fused-ring (bicyclic) bond motifs is 3. The fourth-order valence-electron chi connectivity index (χ4n) is 7.80. The largest absolute Gasteiger partial charge is 0.508 e. The molecule has 234 valence electrons. The van der Waals surface area contributed by atoms with Crippen LogP contribution in [0.15, 0.2) is 36.5 Å². The average Bonchev–Trinajstić information content (AvgIpc) is 3.37. The molecule has 9 nitrogen and oxygen atoms in total. The second-order valence-corrected chi connectivity index (χ2v) is 13.2. The van der Waals surface area contributed by atoms with Crippen LogP contribution >= 0.6 is 0 Å². The molecule has 45 heavy (non-hydrogen) atoms. The lowest BCUT2D eigenvalue weighted by Crippen LogP contribution is -2.50. The van der Waals surface area contributed by atoms with Gasteiger partial charge in [-0.1, -0.05) is 24.5 Å². The van der Waals surface area contributed by atoms with Gasteiger partial charge < -0.3 is 29.5 Å². The number of pyridine rings is 1. The zero-order valence-electron chi connectivity index (χ0n) is 25.7. The van der Waals surface area contributed by atoms with Crippen molar-refractivity contribution in [2.24, 2.45) is 5.41 Å². The van der Waals surface area contributed by atoms with Crippen molar-refractivity contribution in [1.82, 2.24) is 19.9 Å². The highest BCUT2D eigenvalue weighted by Gasteiger charge is 2.47. The summed E-state index contributed by atoms with van der Waals surface area (Å²) >= 11 is 0. The third-order valence-corrected chi connectivity index (χ3v) is 9.83. The van der Waals surface area contributed by atoms with Crippen molar-refractivity contribution in [3.05, 3.63) is 47.9 Å². The number of piperidine rings is 1. The van der Waals surface area contributed by atoms with E-state index in [9.17, 15) is 10.2 Å². The Labute approximate surface area is 262 Å². The molecule has 4 heterocycles. The lowest BCUT2D eigenvalue weighted by molar-refractivity contribution is -0.0123. The van der Waals surface area contributed by atoms with Gasteiger partial charge in [0.2, 0.25) is 0 Å². The molecule has 3 aliphatic rings. The van der Waals surface area contributed by atoms with Crippen LogP contribution in [-0.2, 0) is 4.74 Å². The number of nitrogens with zero attached hydrogens (tertiary/aromatic N) is 5. The van der Waals surface area contributed by atoms with Crippen molar-refractivity contribution in [3.8, 4) is 35.4 Å². The van der Waals surface area contributed by atoms with Crippen molar-refractivity contribution in [1.29, 1.82) is 0 Å². The van der Waals surface area contributed by atoms with Crippen LogP contribution in [0.4, 0.5) is 10.2 Å². The smallest absolute Gasteiger partial charge is 0.319 e. The molecule has 3 atom stereocenters. The van der Waals surface area contributed by atoms with E-state index < -0.39 is 11.4 Å². The molecule has 3 fully saturated rings. The number of β-amino-alcohol motifs (C(OH)–C–C–N with tert-alkyl or cyclic N) is 1. The van der Waals surface area contributed by atoms with Gasteiger partial charge in [-0.2, -0.15) is 9.97 Å². The van der Waals surface area contributed by atoms with E-state index in [1.54, 1.807) is 31.3 Å². The van der Waals surface area contributed by atoms with Crippen LogP contribution in [0.2, 0.25) is 0 Å². The molecule has 0 radical (unpaired) electrons. The molecule has 2 saturated heterocycles. The summed E-state index contributed by atoms with van der Waals surface area (Å²) in [7, 11) is 2.18. The Kier molecular flexibility index (Phi) is 7.51. The Morgan fingerprint density at radius 1 is 1.20 bits per heavy atom. The van der Waals surface area contributed by atoms with Gasteiger partial charge in [0.15, 0.2) is 5.82 Å². The van der Waals surface area contributed by atoms with Gasteiger partial charge in [0, 0.05) is 40.7 Å². The van der Waals surface area contributed by atoms with Crippen LogP contribution in [0.5, 0.6) is 11.8 Å². The molecule has 2 aromatic heterocycles. The number of rotatable bonds is 5. The first-order valence-electron chi connectivity index (χ1n) is 15.7. The van der Waals surface area contributed by atoms with Gasteiger partial charge in [0.05, 0.1) is 31.8 Å². The van der Waals surface area contributed by atoms with Crippen molar-refractivity contribution in [3.63, 3.8) is 0 Å². The second-order valence-electron chi connectivity index (χ2n) is 13.2. The van der Waals surface area contributed by atoms with Crippen LogP contribution in [0.25, 0.3) is 32.9 Å². The monoisotopic (exact) mass is 611 g/mol. The Hall–Kier alpha value is -4.04. The number of hydrogen-bond donors (Lipinski definition) is 2. The topological polar surface area (TPSA) is 104 Å². The highest BCUT2D eigenvalue weighted by Crippen LogP contribution is 2.47. The minimum atomic E-state index is -1.14. The molecule has 0 unspecified atom stereocenters. The number of aromatic hydroxyl groups is 1. The molecule has 1 aliphatic carbocycles. The normalized spacial score (nSPS) is 25.7. The summed E-state index contributed by atoms with van der Waals surface area (Å²) in [6.45, 7) is 4.42. The highest BCUT2D eigenvalue weighted by molar-refractivity contribution is 6.02. The van der Waals surface area contributed by atoms with Gasteiger partial charge in [-0.25, -0.2) is 4.39 Å². The fourth-order valence-corrected chi connectivity index (χ4v) is 7.80. The molecule has 4 aromatic rings. The number of ether oxygens (including phenoxy) is 2. The predicted molar refractivity (Wildman–Crippen MR) is 171 cm³/mol. The van der Waals surface area contributed by atoms with E-state index in [1.165, 1.54) is 6.07 Å². The van der Waals surface area contributed by atoms with Crippen molar-refractivity contribution in [2.45, 2.75) is 50.7 Å². The van der Waals surface area contributed by atoms with Gasteiger partial charge in [-0.3, -0.25) is 4.98 Å². The van der Waals surface area contributed by atoms with Crippen molar-refractivity contribution < 1.29 is 24.1 Å². The Morgan fingerprint density at radius 3 is 2.89 bits per heavy atom. The molecule has 10 heteroatoms. The molecule has 0 bridgehead atoms. The van der Waals surface area contributed by atoms with E-state index in [0.717, 1.165) is 38.6 Å². The van der Waals surface area contributed by atoms with E-state index in [1.807, 2.05) is 11.0 Å². The van der Waals surface area contributed by atoms with E-state index in [-0.39, 0.29) is 41.5 Å². The Bertz CT molecular complexity index is 1820. The van der Waals surface area contributed by atoms with Gasteiger partial charge in [0.25, 0.3) is 0 Å². The number of aliphatic hydroxyl groups is 1. The van der Waals surface area contributed by atoms with Crippen LogP contribution in [-0.4, -0.2) is 88.2 Å². The minimum Gasteiger partial charge on any atom is -0.508 e. The second kappa shape index (κ2) is 11.4. The minimum absolute atomic E-state index is 0.000348. The van der Waals surface area contributed by atoms with Crippen molar-refractivity contribution >= 4 is 27.5 Å². The maximum absolute atomic E-state index is 16.8. The maximum Gasteiger partial charge on any atom is 0.319 e. The van der Waals surface area contributed by atoms with E-state index in [2.05, 4.69) is 27.8 Å². The number of anilines is 1. The molecule has 2 N–H and O–H groups in total. The Balaban J connectivity index is 1.38. The fraction of sp³-hybridized carbons (Fsp3) is 0.457. The number of phenolic OH excluding ortho intramolecular Hbond substituents is 1. The van der Waals surface area contributed by atoms with Gasteiger partial charge >= 0.3 is 6.01 Å². The quantitative estimate of drug-likeness (QED) is 0.305. The average molecular weight is 612 g/mol. The molecule has 0 amide bonds. The third kappa shape index (κ3) is 5.33. The number of likely N-dealkylation sites (tertiary alicyclic amines) is 1. The number of phenols is 1. The van der Waals surface area contributed by atoms with Crippen LogP contribution < -0.4 is 9.64 Å². The standard InChI is InChI=1S/C35H38FN5O4/c1-4-22-8-5-9-23-16-24(42)17-25(28(22)23)30-29(36)31-26(18-37-30)32(41-14-15-44-20-34(2,43)19-41)39-33(38-31)45-21-35-11-6-10-27(35)40(3)13-7-12-35/h1,5,8-9,16-18,27,42-43H,6-7,10-15,19-21H2,2-3H3/t27-,34+,35-/m1/s1. The summed E-state index contributed by atoms with van der Waals surface area (Å²) in [6, 6.07) is 8.97. The molecular formula is C35H38FN5O4. The summed E-state index contributed by atoms with van der Waals surface area (Å²) in [6.07, 6.45) is 12.9. The third-order valence-electron chi connectivity index (χ3n) is 9.83. The molecule has 2 aromatic carbocycles. The molecule has 0 spiro atoms. The SMILES string of the molecule is C#Cc1cccc2cc(O)cc(-c3ncc4c(N5CCOC[C@@](C)(O)C5)nc(OC[C@]56CCC[C@H]5N(C)CCC6)nc4c3F)c12. The van der Waals surface area contributed by atoms with Gasteiger partial charge in [0.1, 0.15) is 28.4 Å².